The van der Waals surface area contributed by atoms with E-state index in [1.165, 1.54) is 0 Å². The molecule has 21 heavy (non-hydrogen) atoms. The van der Waals surface area contributed by atoms with E-state index in [9.17, 15) is 0 Å². The number of pyridine rings is 1. The Morgan fingerprint density at radius 2 is 2.14 bits per heavy atom. The zero-order chi connectivity index (χ0) is 14.7. The van der Waals surface area contributed by atoms with Gasteiger partial charge in [-0.1, -0.05) is 12.1 Å². The predicted molar refractivity (Wildman–Crippen MR) is 78.6 cm³/mol. The number of H-pyrrole nitrogens is 1. The second-order valence-corrected chi connectivity index (χ2v) is 4.54. The van der Waals surface area contributed by atoms with Crippen LogP contribution < -0.4 is 10.5 Å². The third kappa shape index (κ3) is 2.75. The summed E-state index contributed by atoms with van der Waals surface area (Å²) in [4.78, 5) is 8.49. The van der Waals surface area contributed by atoms with Gasteiger partial charge in [0.2, 0.25) is 0 Å². The first-order chi connectivity index (χ1) is 10.3. The van der Waals surface area contributed by atoms with E-state index in [-0.39, 0.29) is 0 Å². The average molecular weight is 281 g/mol. The number of nitrogens with one attached hydrogen (secondary N) is 1. The second-order valence-electron chi connectivity index (χ2n) is 4.54. The van der Waals surface area contributed by atoms with Crippen LogP contribution in [0.1, 0.15) is 17.4 Å². The van der Waals surface area contributed by atoms with Crippen molar-refractivity contribution in [2.45, 2.75) is 6.04 Å². The van der Waals surface area contributed by atoms with Gasteiger partial charge in [0.05, 0.1) is 13.2 Å². The van der Waals surface area contributed by atoms with Crippen LogP contribution in [0, 0.1) is 0 Å². The Bertz CT molecular complexity index is 726. The minimum atomic E-state index is -0.391. The minimum absolute atomic E-state index is 0.391. The molecule has 2 aromatic heterocycles. The van der Waals surface area contributed by atoms with Gasteiger partial charge in [-0.25, -0.2) is 4.98 Å². The molecule has 2 heterocycles. The smallest absolute Gasteiger partial charge is 0.182 e. The Balaban J connectivity index is 1.88. The van der Waals surface area contributed by atoms with Crippen molar-refractivity contribution >= 4 is 0 Å². The van der Waals surface area contributed by atoms with Crippen LogP contribution in [0.2, 0.25) is 0 Å². The Morgan fingerprint density at radius 1 is 1.24 bits per heavy atom. The maximum absolute atomic E-state index is 6.23. The standard InChI is InChI=1S/C15H15N5O/c1-21-12-6-2-4-10(8-12)13(16)15-18-14(19-20-15)11-5-3-7-17-9-11/h2-9,13H,16H2,1H3,(H,18,19,20). The monoisotopic (exact) mass is 281 g/mol. The largest absolute Gasteiger partial charge is 0.497 e. The Kier molecular flexibility index (Phi) is 3.61. The Hall–Kier alpha value is -2.73. The van der Waals surface area contributed by atoms with Gasteiger partial charge in [-0.15, -0.1) is 0 Å². The summed E-state index contributed by atoms with van der Waals surface area (Å²) in [5, 5.41) is 7.07. The van der Waals surface area contributed by atoms with Crippen LogP contribution >= 0.6 is 0 Å². The molecule has 0 saturated carbocycles. The lowest BCUT2D eigenvalue weighted by atomic mass is 10.1. The summed E-state index contributed by atoms with van der Waals surface area (Å²) < 4.78 is 5.21. The summed E-state index contributed by atoms with van der Waals surface area (Å²) in [5.74, 6) is 1.94. The van der Waals surface area contributed by atoms with Crippen LogP contribution in [0.4, 0.5) is 0 Å². The predicted octanol–water partition coefficient (Wildman–Crippen LogP) is 1.92. The maximum atomic E-state index is 6.23. The first-order valence-corrected chi connectivity index (χ1v) is 6.50. The van der Waals surface area contributed by atoms with Crippen molar-refractivity contribution in [1.29, 1.82) is 0 Å². The fraction of sp³-hybridized carbons (Fsp3) is 0.133. The molecule has 0 saturated heterocycles. The molecule has 1 aromatic carbocycles. The molecule has 0 aliphatic rings. The van der Waals surface area contributed by atoms with Gasteiger partial charge in [-0.3, -0.25) is 10.1 Å². The summed E-state index contributed by atoms with van der Waals surface area (Å²) in [6.07, 6.45) is 3.42. The SMILES string of the molecule is COc1cccc(C(N)c2nc(-c3cccnc3)n[nH]2)c1. The van der Waals surface area contributed by atoms with Crippen molar-refractivity contribution in [3.05, 3.63) is 60.2 Å². The fourth-order valence-corrected chi connectivity index (χ4v) is 2.03. The number of aromatic nitrogens is 4. The molecular formula is C15H15N5O. The lowest BCUT2D eigenvalue weighted by molar-refractivity contribution is 0.414. The molecule has 106 valence electrons. The summed E-state index contributed by atoms with van der Waals surface area (Å²) in [7, 11) is 1.62. The minimum Gasteiger partial charge on any atom is -0.497 e. The van der Waals surface area contributed by atoms with Gasteiger partial charge in [-0.05, 0) is 29.8 Å². The molecule has 0 spiro atoms. The van der Waals surface area contributed by atoms with Crippen LogP contribution in [0.15, 0.2) is 48.8 Å². The van der Waals surface area contributed by atoms with Crippen LogP contribution in [-0.2, 0) is 0 Å². The van der Waals surface area contributed by atoms with Crippen LogP contribution in [-0.4, -0.2) is 27.3 Å². The third-order valence-corrected chi connectivity index (χ3v) is 3.17. The van der Waals surface area contributed by atoms with Crippen LogP contribution in [0.5, 0.6) is 5.75 Å². The molecule has 0 aliphatic carbocycles. The molecule has 6 heteroatoms. The zero-order valence-corrected chi connectivity index (χ0v) is 11.5. The van der Waals surface area contributed by atoms with Gasteiger partial charge in [-0.2, -0.15) is 5.10 Å². The molecule has 0 bridgehead atoms. The topological polar surface area (TPSA) is 89.7 Å². The summed E-state index contributed by atoms with van der Waals surface area (Å²) >= 11 is 0. The number of rotatable bonds is 4. The number of ether oxygens (including phenoxy) is 1. The number of hydrogen-bond acceptors (Lipinski definition) is 5. The lowest BCUT2D eigenvalue weighted by Gasteiger charge is -2.09. The lowest BCUT2D eigenvalue weighted by Crippen LogP contribution is -2.13. The number of benzene rings is 1. The second kappa shape index (κ2) is 5.72. The van der Waals surface area contributed by atoms with E-state index < -0.39 is 6.04 Å². The van der Waals surface area contributed by atoms with Crippen LogP contribution in [0.25, 0.3) is 11.4 Å². The van der Waals surface area contributed by atoms with E-state index in [2.05, 4.69) is 20.2 Å². The van der Waals surface area contributed by atoms with Crippen molar-refractivity contribution in [3.8, 4) is 17.1 Å². The van der Waals surface area contributed by atoms with Crippen molar-refractivity contribution < 1.29 is 4.74 Å². The quantitative estimate of drug-likeness (QED) is 0.762. The van der Waals surface area contributed by atoms with Gasteiger partial charge in [0.25, 0.3) is 0 Å². The van der Waals surface area contributed by atoms with Crippen LogP contribution in [0.3, 0.4) is 0 Å². The summed E-state index contributed by atoms with van der Waals surface area (Å²) in [6, 6.07) is 10.9. The third-order valence-electron chi connectivity index (χ3n) is 3.17. The first-order valence-electron chi connectivity index (χ1n) is 6.50. The van der Waals surface area contributed by atoms with Crippen molar-refractivity contribution in [2.75, 3.05) is 7.11 Å². The molecule has 3 aromatic rings. The number of nitrogens with two attached hydrogens (primary N) is 1. The zero-order valence-electron chi connectivity index (χ0n) is 11.5. The Morgan fingerprint density at radius 3 is 2.90 bits per heavy atom. The van der Waals surface area contributed by atoms with Gasteiger partial charge in [0.1, 0.15) is 11.6 Å². The van der Waals surface area contributed by atoms with E-state index >= 15 is 0 Å². The average Bonchev–Trinajstić information content (AvgIpc) is 3.05. The summed E-state index contributed by atoms with van der Waals surface area (Å²) in [5.41, 5.74) is 7.98. The van der Waals surface area contributed by atoms with E-state index in [4.69, 9.17) is 10.5 Å². The number of methoxy groups -OCH3 is 1. The highest BCUT2D eigenvalue weighted by Gasteiger charge is 2.15. The van der Waals surface area contributed by atoms with Gasteiger partial charge >= 0.3 is 0 Å². The molecule has 3 rings (SSSR count). The molecule has 6 nitrogen and oxygen atoms in total. The molecular weight excluding hydrogens is 266 g/mol. The number of aromatic amines is 1. The van der Waals surface area contributed by atoms with E-state index in [0.717, 1.165) is 16.9 Å². The highest BCUT2D eigenvalue weighted by atomic mass is 16.5. The molecule has 1 atom stereocenters. The molecule has 0 radical (unpaired) electrons. The highest BCUT2D eigenvalue weighted by Crippen LogP contribution is 2.22. The number of nitrogens with zero attached hydrogens (tertiary/aromatic N) is 3. The molecule has 0 fully saturated rings. The van der Waals surface area contributed by atoms with E-state index in [1.807, 2.05) is 36.4 Å². The fourth-order valence-electron chi connectivity index (χ4n) is 2.03. The van der Waals surface area contributed by atoms with Crippen molar-refractivity contribution in [1.82, 2.24) is 20.2 Å². The number of hydrogen-bond donors (Lipinski definition) is 2. The Labute approximate surface area is 122 Å². The van der Waals surface area contributed by atoms with Crippen molar-refractivity contribution in [2.24, 2.45) is 5.73 Å². The molecule has 0 aliphatic heterocycles. The first kappa shape index (κ1) is 13.3. The van der Waals surface area contributed by atoms with Gasteiger partial charge in [0, 0.05) is 18.0 Å². The van der Waals surface area contributed by atoms with E-state index in [0.29, 0.717) is 11.6 Å². The molecule has 0 amide bonds. The van der Waals surface area contributed by atoms with Crippen molar-refractivity contribution in [3.63, 3.8) is 0 Å². The van der Waals surface area contributed by atoms with Gasteiger partial charge in [0.15, 0.2) is 5.82 Å². The normalized spacial score (nSPS) is 12.1. The molecule has 1 unspecified atom stereocenters. The highest BCUT2D eigenvalue weighted by molar-refractivity contribution is 5.52. The van der Waals surface area contributed by atoms with E-state index in [1.54, 1.807) is 19.5 Å². The summed E-state index contributed by atoms with van der Waals surface area (Å²) in [6.45, 7) is 0. The molecule has 3 N–H and O–H groups in total. The van der Waals surface area contributed by atoms with Gasteiger partial charge < -0.3 is 10.5 Å². The maximum Gasteiger partial charge on any atom is 0.182 e.